The second-order valence-corrected chi connectivity index (χ2v) is 6.31. The molecule has 4 heteroatoms. The summed E-state index contributed by atoms with van der Waals surface area (Å²) in [6.07, 6.45) is 4.67. The predicted octanol–water partition coefficient (Wildman–Crippen LogP) is 1.06. The van der Waals surface area contributed by atoms with E-state index >= 15 is 0 Å². The molecule has 0 radical (unpaired) electrons. The average molecular weight is 253 g/mol. The molecule has 2 rings (SSSR count). The number of piperazine rings is 1. The third-order valence-electron chi connectivity index (χ3n) is 4.65. The summed E-state index contributed by atoms with van der Waals surface area (Å²) in [5.74, 6) is 0.719. The van der Waals surface area contributed by atoms with Gasteiger partial charge in [-0.3, -0.25) is 9.69 Å². The predicted molar refractivity (Wildman–Crippen MR) is 73.2 cm³/mol. The maximum atomic E-state index is 12.3. The van der Waals surface area contributed by atoms with Gasteiger partial charge in [-0.15, -0.1) is 0 Å². The molecular formula is C14H27N3O. The molecule has 18 heavy (non-hydrogen) atoms. The molecule has 0 bridgehead atoms. The van der Waals surface area contributed by atoms with E-state index in [1.54, 1.807) is 0 Å². The fraction of sp³-hybridized carbons (Fsp3) is 0.929. The molecule has 1 amide bonds. The summed E-state index contributed by atoms with van der Waals surface area (Å²) in [4.78, 5) is 16.8. The van der Waals surface area contributed by atoms with E-state index in [0.717, 1.165) is 39.0 Å². The summed E-state index contributed by atoms with van der Waals surface area (Å²) in [5, 5.41) is 0. The fourth-order valence-corrected chi connectivity index (χ4v) is 3.09. The van der Waals surface area contributed by atoms with Crippen molar-refractivity contribution < 1.29 is 4.79 Å². The first-order valence-corrected chi connectivity index (χ1v) is 7.28. The van der Waals surface area contributed by atoms with Crippen molar-refractivity contribution >= 4 is 5.91 Å². The van der Waals surface area contributed by atoms with Crippen LogP contribution in [0.25, 0.3) is 0 Å². The van der Waals surface area contributed by atoms with Gasteiger partial charge in [0, 0.05) is 44.2 Å². The van der Waals surface area contributed by atoms with Crippen molar-refractivity contribution in [2.45, 2.75) is 45.1 Å². The van der Waals surface area contributed by atoms with Gasteiger partial charge in [0.25, 0.3) is 0 Å². The molecule has 2 N–H and O–H groups in total. The van der Waals surface area contributed by atoms with Gasteiger partial charge in [-0.1, -0.05) is 12.8 Å². The van der Waals surface area contributed by atoms with Crippen LogP contribution in [0.5, 0.6) is 0 Å². The lowest BCUT2D eigenvalue weighted by atomic mass is 10.0. The van der Waals surface area contributed by atoms with Gasteiger partial charge >= 0.3 is 0 Å². The lowest BCUT2D eigenvalue weighted by Crippen LogP contribution is -2.58. The molecule has 1 saturated heterocycles. The Hall–Kier alpha value is -0.610. The second-order valence-electron chi connectivity index (χ2n) is 6.31. The molecule has 1 aliphatic heterocycles. The normalized spacial score (nSPS) is 23.6. The maximum Gasteiger partial charge on any atom is 0.225 e. The molecule has 0 unspecified atom stereocenters. The highest BCUT2D eigenvalue weighted by Crippen LogP contribution is 2.27. The third-order valence-corrected chi connectivity index (χ3v) is 4.65. The lowest BCUT2D eigenvalue weighted by Gasteiger charge is -2.44. The topological polar surface area (TPSA) is 49.6 Å². The van der Waals surface area contributed by atoms with E-state index < -0.39 is 0 Å². The van der Waals surface area contributed by atoms with Crippen LogP contribution in [0, 0.1) is 5.92 Å². The van der Waals surface area contributed by atoms with E-state index in [-0.39, 0.29) is 5.54 Å². The Morgan fingerprint density at radius 1 is 1.17 bits per heavy atom. The van der Waals surface area contributed by atoms with Crippen LogP contribution in [0.15, 0.2) is 0 Å². The van der Waals surface area contributed by atoms with Crippen LogP contribution >= 0.6 is 0 Å². The number of hydrogen-bond donors (Lipinski definition) is 1. The quantitative estimate of drug-likeness (QED) is 0.818. The van der Waals surface area contributed by atoms with Crippen LogP contribution in [0.1, 0.15) is 39.5 Å². The highest BCUT2D eigenvalue weighted by molar-refractivity contribution is 5.79. The molecule has 1 aliphatic carbocycles. The number of amides is 1. The van der Waals surface area contributed by atoms with Gasteiger partial charge in [0.05, 0.1) is 0 Å². The van der Waals surface area contributed by atoms with Crippen molar-refractivity contribution in [1.29, 1.82) is 0 Å². The summed E-state index contributed by atoms with van der Waals surface area (Å²) in [5.41, 5.74) is 5.87. The van der Waals surface area contributed by atoms with Crippen LogP contribution in [0.2, 0.25) is 0 Å². The van der Waals surface area contributed by atoms with E-state index in [2.05, 4.69) is 23.6 Å². The molecule has 4 nitrogen and oxygen atoms in total. The molecule has 104 valence electrons. The van der Waals surface area contributed by atoms with Crippen molar-refractivity contribution in [3.05, 3.63) is 0 Å². The average Bonchev–Trinajstić information content (AvgIpc) is 2.92. The zero-order valence-electron chi connectivity index (χ0n) is 11.8. The van der Waals surface area contributed by atoms with Gasteiger partial charge in [0.15, 0.2) is 0 Å². The Balaban J connectivity index is 1.84. The number of carbonyl (C=O) groups is 1. The third kappa shape index (κ3) is 2.86. The number of hydrogen-bond acceptors (Lipinski definition) is 3. The minimum atomic E-state index is 0.0580. The summed E-state index contributed by atoms with van der Waals surface area (Å²) in [7, 11) is 0. The molecule has 2 aliphatic rings. The Labute approximate surface area is 110 Å². The number of nitrogens with two attached hydrogens (primary N) is 1. The van der Waals surface area contributed by atoms with E-state index in [4.69, 9.17) is 5.73 Å². The molecule has 0 aromatic heterocycles. The van der Waals surface area contributed by atoms with E-state index in [9.17, 15) is 4.79 Å². The van der Waals surface area contributed by atoms with Gasteiger partial charge in [-0.2, -0.15) is 0 Å². The van der Waals surface area contributed by atoms with Gasteiger partial charge in [-0.05, 0) is 26.7 Å². The first-order chi connectivity index (χ1) is 8.54. The molecule has 1 heterocycles. The monoisotopic (exact) mass is 253 g/mol. The maximum absolute atomic E-state index is 12.3. The van der Waals surface area contributed by atoms with Crippen LogP contribution in [0.4, 0.5) is 0 Å². The minimum absolute atomic E-state index is 0.0580. The first-order valence-electron chi connectivity index (χ1n) is 7.28. The van der Waals surface area contributed by atoms with E-state index in [1.807, 2.05) is 0 Å². The van der Waals surface area contributed by atoms with Crippen molar-refractivity contribution in [3.63, 3.8) is 0 Å². The first kappa shape index (κ1) is 13.8. The van der Waals surface area contributed by atoms with Crippen LogP contribution in [0.3, 0.4) is 0 Å². The lowest BCUT2D eigenvalue weighted by molar-refractivity contribution is -0.137. The molecule has 0 spiro atoms. The summed E-state index contributed by atoms with van der Waals surface area (Å²) >= 11 is 0. The van der Waals surface area contributed by atoms with Gasteiger partial charge < -0.3 is 10.6 Å². The number of carbonyl (C=O) groups excluding carboxylic acids is 1. The number of rotatable bonds is 3. The highest BCUT2D eigenvalue weighted by atomic mass is 16.2. The van der Waals surface area contributed by atoms with Crippen molar-refractivity contribution in [2.24, 2.45) is 11.7 Å². The summed E-state index contributed by atoms with van der Waals surface area (Å²) < 4.78 is 0. The molecular weight excluding hydrogens is 226 g/mol. The zero-order chi connectivity index (χ0) is 13.2. The van der Waals surface area contributed by atoms with Crippen molar-refractivity contribution in [1.82, 2.24) is 9.80 Å². The largest absolute Gasteiger partial charge is 0.340 e. The molecule has 2 fully saturated rings. The van der Waals surface area contributed by atoms with Crippen LogP contribution in [-0.4, -0.2) is 54.0 Å². The highest BCUT2D eigenvalue weighted by Gasteiger charge is 2.33. The van der Waals surface area contributed by atoms with Crippen molar-refractivity contribution in [3.8, 4) is 0 Å². The van der Waals surface area contributed by atoms with Crippen molar-refractivity contribution in [2.75, 3.05) is 32.7 Å². The zero-order valence-corrected chi connectivity index (χ0v) is 11.8. The van der Waals surface area contributed by atoms with Crippen LogP contribution < -0.4 is 5.73 Å². The SMILES string of the molecule is CC(C)(CN)N1CCN(C(=O)C2CCCC2)CC1. The van der Waals surface area contributed by atoms with E-state index in [1.165, 1.54) is 12.8 Å². The summed E-state index contributed by atoms with van der Waals surface area (Å²) in [6.45, 7) is 8.70. The van der Waals surface area contributed by atoms with Gasteiger partial charge in [0.1, 0.15) is 0 Å². The van der Waals surface area contributed by atoms with Gasteiger partial charge in [0.2, 0.25) is 5.91 Å². The van der Waals surface area contributed by atoms with Crippen LogP contribution in [-0.2, 0) is 4.79 Å². The molecule has 0 aromatic rings. The van der Waals surface area contributed by atoms with Gasteiger partial charge in [-0.25, -0.2) is 0 Å². The molecule has 0 atom stereocenters. The number of nitrogens with zero attached hydrogens (tertiary/aromatic N) is 2. The van der Waals surface area contributed by atoms with E-state index in [0.29, 0.717) is 18.4 Å². The molecule has 0 aromatic carbocycles. The smallest absolute Gasteiger partial charge is 0.225 e. The minimum Gasteiger partial charge on any atom is -0.340 e. The Bertz CT molecular complexity index is 289. The Kier molecular flexibility index (Phi) is 4.28. The Morgan fingerprint density at radius 2 is 1.72 bits per heavy atom. The summed E-state index contributed by atoms with van der Waals surface area (Å²) in [6, 6.07) is 0. The fourth-order valence-electron chi connectivity index (χ4n) is 3.09. The molecule has 1 saturated carbocycles. The second kappa shape index (κ2) is 5.57. The standard InChI is InChI=1S/C14H27N3O/c1-14(2,11-15)17-9-7-16(8-10-17)13(18)12-5-3-4-6-12/h12H,3-11,15H2,1-2H3. The Morgan fingerprint density at radius 3 is 2.22 bits per heavy atom.